The average molecular weight is 201 g/mol. The molecule has 0 aliphatic carbocycles. The highest BCUT2D eigenvalue weighted by molar-refractivity contribution is 6.20. The fraction of sp³-hybridized carbons (Fsp3) is 0.700. The highest BCUT2D eigenvalue weighted by atomic mass is 35.5. The molecule has 0 radical (unpaired) electrons. The predicted molar refractivity (Wildman–Crippen MR) is 56.1 cm³/mol. The molecule has 74 valence electrons. The molecule has 0 bridgehead atoms. The quantitative estimate of drug-likeness (QED) is 0.669. The number of alkyl halides is 1. The van der Waals surface area contributed by atoms with Crippen LogP contribution >= 0.6 is 11.6 Å². The van der Waals surface area contributed by atoms with E-state index in [1.807, 2.05) is 17.9 Å². The molecular weight excluding hydrogens is 184 g/mol. The minimum Gasteiger partial charge on any atom is -0.276 e. The van der Waals surface area contributed by atoms with Gasteiger partial charge < -0.3 is 0 Å². The summed E-state index contributed by atoms with van der Waals surface area (Å²) in [5.41, 5.74) is 1.31. The molecule has 2 nitrogen and oxygen atoms in total. The van der Waals surface area contributed by atoms with Crippen LogP contribution in [0.25, 0.3) is 0 Å². The fourth-order valence-corrected chi connectivity index (χ4v) is 1.49. The van der Waals surface area contributed by atoms with Gasteiger partial charge in [-0.3, -0.25) is 4.68 Å². The first-order chi connectivity index (χ1) is 6.22. The van der Waals surface area contributed by atoms with Crippen LogP contribution in [-0.2, 0) is 13.5 Å². The fourth-order valence-electron chi connectivity index (χ4n) is 1.33. The lowest BCUT2D eigenvalue weighted by atomic mass is 10.1. The van der Waals surface area contributed by atoms with Crippen LogP contribution in [0.3, 0.4) is 0 Å². The van der Waals surface area contributed by atoms with Crippen molar-refractivity contribution in [1.29, 1.82) is 0 Å². The van der Waals surface area contributed by atoms with Gasteiger partial charge >= 0.3 is 0 Å². The highest BCUT2D eigenvalue weighted by Gasteiger charge is 2.01. The van der Waals surface area contributed by atoms with Crippen LogP contribution in [-0.4, -0.2) is 15.2 Å². The van der Waals surface area contributed by atoms with Crippen LogP contribution in [0.5, 0.6) is 0 Å². The number of hydrogen-bond acceptors (Lipinski definition) is 1. The third-order valence-corrected chi connectivity index (χ3v) is 2.71. The zero-order chi connectivity index (χ0) is 9.68. The van der Waals surface area contributed by atoms with Gasteiger partial charge in [0.05, 0.1) is 6.20 Å². The number of nitrogens with zero attached hydrogens (tertiary/aromatic N) is 2. The van der Waals surface area contributed by atoms with E-state index in [2.05, 4.69) is 18.2 Å². The Morgan fingerprint density at radius 2 is 2.38 bits per heavy atom. The molecule has 0 spiro atoms. The van der Waals surface area contributed by atoms with E-state index in [1.165, 1.54) is 5.56 Å². The van der Waals surface area contributed by atoms with Crippen LogP contribution in [0.4, 0.5) is 0 Å². The first-order valence-corrected chi connectivity index (χ1v) is 5.27. The van der Waals surface area contributed by atoms with Gasteiger partial charge in [-0.15, -0.1) is 11.6 Å². The largest absolute Gasteiger partial charge is 0.276 e. The predicted octanol–water partition coefficient (Wildman–Crippen LogP) is 2.76. The molecule has 1 heterocycles. The van der Waals surface area contributed by atoms with E-state index in [1.54, 1.807) is 0 Å². The zero-order valence-corrected chi connectivity index (χ0v) is 9.09. The van der Waals surface area contributed by atoms with E-state index in [0.29, 0.717) is 5.38 Å². The summed E-state index contributed by atoms with van der Waals surface area (Å²) in [6, 6.07) is 0. The minimum atomic E-state index is 0.344. The van der Waals surface area contributed by atoms with Crippen LogP contribution in [0.15, 0.2) is 12.4 Å². The summed E-state index contributed by atoms with van der Waals surface area (Å²) >= 11 is 6.02. The van der Waals surface area contributed by atoms with Gasteiger partial charge in [0, 0.05) is 18.6 Å². The molecule has 0 fully saturated rings. The Hall–Kier alpha value is -0.500. The molecule has 0 N–H and O–H groups in total. The Bertz CT molecular complexity index is 245. The van der Waals surface area contributed by atoms with Gasteiger partial charge in [0.15, 0.2) is 0 Å². The lowest BCUT2D eigenvalue weighted by Gasteiger charge is -2.03. The molecule has 0 amide bonds. The topological polar surface area (TPSA) is 17.8 Å². The van der Waals surface area contributed by atoms with Crippen molar-refractivity contribution in [2.24, 2.45) is 7.05 Å². The van der Waals surface area contributed by atoms with Crippen molar-refractivity contribution in [2.45, 2.75) is 38.0 Å². The number of aryl methyl sites for hydroxylation is 2. The second kappa shape index (κ2) is 5.28. The van der Waals surface area contributed by atoms with Crippen molar-refractivity contribution in [3.8, 4) is 0 Å². The van der Waals surface area contributed by atoms with Gasteiger partial charge in [0.1, 0.15) is 0 Å². The SMILES string of the molecule is CCC(Cl)CCCc1cnn(C)c1. The third kappa shape index (κ3) is 3.81. The maximum absolute atomic E-state index is 6.02. The van der Waals surface area contributed by atoms with E-state index >= 15 is 0 Å². The molecule has 0 saturated carbocycles. The van der Waals surface area contributed by atoms with E-state index in [9.17, 15) is 0 Å². The standard InChI is InChI=1S/C10H17ClN2/c1-3-10(11)6-4-5-9-7-12-13(2)8-9/h7-8,10H,3-6H2,1-2H3. The second-order valence-corrected chi connectivity index (χ2v) is 4.04. The molecule has 3 heteroatoms. The monoisotopic (exact) mass is 200 g/mol. The Morgan fingerprint density at radius 3 is 2.92 bits per heavy atom. The van der Waals surface area contributed by atoms with Crippen LogP contribution in [0.2, 0.25) is 0 Å². The van der Waals surface area contributed by atoms with Crippen molar-refractivity contribution >= 4 is 11.6 Å². The second-order valence-electron chi connectivity index (χ2n) is 3.42. The van der Waals surface area contributed by atoms with E-state index in [4.69, 9.17) is 11.6 Å². The third-order valence-electron chi connectivity index (χ3n) is 2.18. The van der Waals surface area contributed by atoms with Crippen molar-refractivity contribution < 1.29 is 0 Å². The van der Waals surface area contributed by atoms with E-state index < -0.39 is 0 Å². The van der Waals surface area contributed by atoms with E-state index in [-0.39, 0.29) is 0 Å². The van der Waals surface area contributed by atoms with Crippen LogP contribution in [0.1, 0.15) is 31.7 Å². The molecule has 1 aromatic rings. The average Bonchev–Trinajstić information content (AvgIpc) is 2.51. The lowest BCUT2D eigenvalue weighted by Crippen LogP contribution is -1.96. The summed E-state index contributed by atoms with van der Waals surface area (Å²) in [6.45, 7) is 2.13. The number of halogens is 1. The van der Waals surface area contributed by atoms with Crippen LogP contribution < -0.4 is 0 Å². The Labute approximate surface area is 84.9 Å². The lowest BCUT2D eigenvalue weighted by molar-refractivity contribution is 0.674. The molecule has 1 rings (SSSR count). The van der Waals surface area contributed by atoms with Gasteiger partial charge in [-0.25, -0.2) is 0 Å². The summed E-state index contributed by atoms with van der Waals surface area (Å²) < 4.78 is 1.84. The number of hydrogen-bond donors (Lipinski definition) is 0. The maximum Gasteiger partial charge on any atom is 0.0521 e. The molecule has 1 unspecified atom stereocenters. The smallest absolute Gasteiger partial charge is 0.0521 e. The molecule has 1 atom stereocenters. The van der Waals surface area contributed by atoms with Crippen molar-refractivity contribution in [3.63, 3.8) is 0 Å². The summed E-state index contributed by atoms with van der Waals surface area (Å²) in [5.74, 6) is 0. The zero-order valence-electron chi connectivity index (χ0n) is 8.33. The van der Waals surface area contributed by atoms with Gasteiger partial charge in [-0.1, -0.05) is 6.92 Å². The summed E-state index contributed by atoms with van der Waals surface area (Å²) in [4.78, 5) is 0. The van der Waals surface area contributed by atoms with Gasteiger partial charge in [0.2, 0.25) is 0 Å². The molecule has 0 saturated heterocycles. The molecule has 1 aromatic heterocycles. The molecule has 0 aliphatic rings. The number of rotatable bonds is 5. The van der Waals surface area contributed by atoms with Gasteiger partial charge in [0.25, 0.3) is 0 Å². The molecular formula is C10H17ClN2. The normalized spacial score (nSPS) is 13.2. The summed E-state index contributed by atoms with van der Waals surface area (Å²) in [5, 5.41) is 4.46. The van der Waals surface area contributed by atoms with E-state index in [0.717, 1.165) is 25.7 Å². The summed E-state index contributed by atoms with van der Waals surface area (Å²) in [7, 11) is 1.94. The number of aromatic nitrogens is 2. The van der Waals surface area contributed by atoms with Crippen molar-refractivity contribution in [2.75, 3.05) is 0 Å². The maximum atomic E-state index is 6.02. The molecule has 0 aromatic carbocycles. The van der Waals surface area contributed by atoms with Crippen molar-refractivity contribution in [3.05, 3.63) is 18.0 Å². The van der Waals surface area contributed by atoms with Crippen molar-refractivity contribution in [1.82, 2.24) is 9.78 Å². The van der Waals surface area contributed by atoms with Gasteiger partial charge in [-0.2, -0.15) is 5.10 Å². The highest BCUT2D eigenvalue weighted by Crippen LogP contribution is 2.11. The Morgan fingerprint density at radius 1 is 1.62 bits per heavy atom. The minimum absolute atomic E-state index is 0.344. The first kappa shape index (κ1) is 10.6. The van der Waals surface area contributed by atoms with Crippen LogP contribution in [0, 0.1) is 0 Å². The Kier molecular flexibility index (Phi) is 4.29. The van der Waals surface area contributed by atoms with Gasteiger partial charge in [-0.05, 0) is 31.2 Å². The molecule has 13 heavy (non-hydrogen) atoms. The Balaban J connectivity index is 2.20. The molecule has 0 aliphatic heterocycles. The summed E-state index contributed by atoms with van der Waals surface area (Å²) in [6.07, 6.45) is 8.41. The first-order valence-electron chi connectivity index (χ1n) is 4.84.